The lowest BCUT2D eigenvalue weighted by atomic mass is 9.97. The summed E-state index contributed by atoms with van der Waals surface area (Å²) in [6.07, 6.45) is 1.62. The smallest absolute Gasteiger partial charge is 0.0431 e. The van der Waals surface area contributed by atoms with E-state index in [9.17, 15) is 0 Å². The molecule has 0 radical (unpaired) electrons. The molecule has 1 atom stereocenters. The van der Waals surface area contributed by atoms with E-state index in [1.807, 2.05) is 0 Å². The normalized spacial score (nSPS) is 12.9. The van der Waals surface area contributed by atoms with Crippen LogP contribution in [0.25, 0.3) is 0 Å². The first kappa shape index (κ1) is 11.2. The SMILES string of the molecule is Cc1ccc(C(N)CCCO)c(C)c1. The highest BCUT2D eigenvalue weighted by Crippen LogP contribution is 2.20. The summed E-state index contributed by atoms with van der Waals surface area (Å²) >= 11 is 0. The largest absolute Gasteiger partial charge is 0.396 e. The number of rotatable bonds is 4. The zero-order valence-corrected chi connectivity index (χ0v) is 8.96. The summed E-state index contributed by atoms with van der Waals surface area (Å²) in [5.41, 5.74) is 9.73. The summed E-state index contributed by atoms with van der Waals surface area (Å²) in [6.45, 7) is 4.38. The molecule has 0 aromatic heterocycles. The third-order valence-electron chi connectivity index (χ3n) is 2.50. The molecule has 0 aliphatic rings. The maximum absolute atomic E-state index is 8.72. The number of aryl methyl sites for hydroxylation is 2. The maximum Gasteiger partial charge on any atom is 0.0431 e. The fourth-order valence-electron chi connectivity index (χ4n) is 1.71. The highest BCUT2D eigenvalue weighted by molar-refractivity contribution is 5.32. The zero-order valence-electron chi connectivity index (χ0n) is 8.96. The minimum absolute atomic E-state index is 0.0581. The minimum atomic E-state index is 0.0581. The molecule has 0 saturated heterocycles. The van der Waals surface area contributed by atoms with Gasteiger partial charge in [0.15, 0.2) is 0 Å². The van der Waals surface area contributed by atoms with E-state index in [0.717, 1.165) is 12.8 Å². The second kappa shape index (κ2) is 5.13. The Morgan fingerprint density at radius 2 is 2.07 bits per heavy atom. The molecular weight excluding hydrogens is 174 g/mol. The van der Waals surface area contributed by atoms with Crippen LogP contribution in [0.4, 0.5) is 0 Å². The van der Waals surface area contributed by atoms with Crippen LogP contribution < -0.4 is 5.73 Å². The average molecular weight is 193 g/mol. The summed E-state index contributed by atoms with van der Waals surface area (Å²) in [5, 5.41) is 8.72. The van der Waals surface area contributed by atoms with Gasteiger partial charge < -0.3 is 10.8 Å². The Kier molecular flexibility index (Phi) is 4.11. The summed E-state index contributed by atoms with van der Waals surface area (Å²) in [4.78, 5) is 0. The Morgan fingerprint density at radius 1 is 1.36 bits per heavy atom. The molecule has 1 aromatic carbocycles. The first-order chi connectivity index (χ1) is 6.65. The molecule has 0 amide bonds. The third kappa shape index (κ3) is 2.82. The monoisotopic (exact) mass is 193 g/mol. The zero-order chi connectivity index (χ0) is 10.6. The number of hydrogen-bond acceptors (Lipinski definition) is 2. The number of aliphatic hydroxyl groups is 1. The van der Waals surface area contributed by atoms with Gasteiger partial charge in [-0.1, -0.05) is 23.8 Å². The average Bonchev–Trinajstić information content (AvgIpc) is 2.14. The lowest BCUT2D eigenvalue weighted by Crippen LogP contribution is -2.12. The van der Waals surface area contributed by atoms with Gasteiger partial charge in [-0.15, -0.1) is 0 Å². The van der Waals surface area contributed by atoms with Gasteiger partial charge in [-0.3, -0.25) is 0 Å². The summed E-state index contributed by atoms with van der Waals surface area (Å²) < 4.78 is 0. The molecule has 2 nitrogen and oxygen atoms in total. The van der Waals surface area contributed by atoms with Crippen LogP contribution in [-0.4, -0.2) is 11.7 Å². The van der Waals surface area contributed by atoms with Crippen LogP contribution in [-0.2, 0) is 0 Å². The number of nitrogens with two attached hydrogens (primary N) is 1. The predicted molar refractivity (Wildman–Crippen MR) is 59.2 cm³/mol. The van der Waals surface area contributed by atoms with Crippen LogP contribution in [0.15, 0.2) is 18.2 Å². The van der Waals surface area contributed by atoms with Gasteiger partial charge in [-0.2, -0.15) is 0 Å². The van der Waals surface area contributed by atoms with Gasteiger partial charge in [-0.25, -0.2) is 0 Å². The molecule has 0 saturated carbocycles. The van der Waals surface area contributed by atoms with Crippen LogP contribution in [0, 0.1) is 13.8 Å². The first-order valence-electron chi connectivity index (χ1n) is 5.08. The first-order valence-corrected chi connectivity index (χ1v) is 5.08. The van der Waals surface area contributed by atoms with Gasteiger partial charge in [0.2, 0.25) is 0 Å². The molecule has 1 unspecified atom stereocenters. The molecular formula is C12H19NO. The van der Waals surface area contributed by atoms with Crippen LogP contribution in [0.5, 0.6) is 0 Å². The van der Waals surface area contributed by atoms with Crippen molar-refractivity contribution >= 4 is 0 Å². The summed E-state index contributed by atoms with van der Waals surface area (Å²) in [6, 6.07) is 6.38. The second-order valence-corrected chi connectivity index (χ2v) is 3.83. The van der Waals surface area contributed by atoms with E-state index in [1.165, 1.54) is 16.7 Å². The quantitative estimate of drug-likeness (QED) is 0.769. The number of benzene rings is 1. The molecule has 0 aliphatic heterocycles. The van der Waals surface area contributed by atoms with Crippen molar-refractivity contribution < 1.29 is 5.11 Å². The topological polar surface area (TPSA) is 46.2 Å². The molecule has 78 valence electrons. The fraction of sp³-hybridized carbons (Fsp3) is 0.500. The molecule has 1 rings (SSSR count). The van der Waals surface area contributed by atoms with Gasteiger partial charge >= 0.3 is 0 Å². The second-order valence-electron chi connectivity index (χ2n) is 3.83. The number of hydrogen-bond donors (Lipinski definition) is 2. The Labute approximate surface area is 85.8 Å². The van der Waals surface area contributed by atoms with Gasteiger partial charge in [0.1, 0.15) is 0 Å². The highest BCUT2D eigenvalue weighted by Gasteiger charge is 2.07. The highest BCUT2D eigenvalue weighted by atomic mass is 16.2. The minimum Gasteiger partial charge on any atom is -0.396 e. The van der Waals surface area contributed by atoms with Crippen molar-refractivity contribution in [2.24, 2.45) is 5.73 Å². The van der Waals surface area contributed by atoms with E-state index in [1.54, 1.807) is 0 Å². The van der Waals surface area contributed by atoms with Crippen molar-refractivity contribution in [1.29, 1.82) is 0 Å². The molecule has 1 aromatic rings. The van der Waals surface area contributed by atoms with Gasteiger partial charge in [0.25, 0.3) is 0 Å². The lowest BCUT2D eigenvalue weighted by Gasteiger charge is -2.14. The van der Waals surface area contributed by atoms with E-state index in [-0.39, 0.29) is 12.6 Å². The van der Waals surface area contributed by atoms with E-state index >= 15 is 0 Å². The Hall–Kier alpha value is -0.860. The van der Waals surface area contributed by atoms with Crippen molar-refractivity contribution in [2.45, 2.75) is 32.7 Å². The molecule has 3 N–H and O–H groups in total. The Bertz CT molecular complexity index is 296. The van der Waals surface area contributed by atoms with Crippen LogP contribution >= 0.6 is 0 Å². The number of aliphatic hydroxyl groups excluding tert-OH is 1. The Balaban J connectivity index is 2.74. The van der Waals surface area contributed by atoms with Gasteiger partial charge in [-0.05, 0) is 37.8 Å². The molecule has 0 bridgehead atoms. The molecule has 0 aliphatic carbocycles. The van der Waals surface area contributed by atoms with E-state index in [2.05, 4.69) is 32.0 Å². The molecule has 14 heavy (non-hydrogen) atoms. The molecule has 2 heteroatoms. The summed E-state index contributed by atoms with van der Waals surface area (Å²) in [5.74, 6) is 0. The van der Waals surface area contributed by atoms with E-state index < -0.39 is 0 Å². The predicted octanol–water partition coefficient (Wildman–Crippen LogP) is 2.08. The lowest BCUT2D eigenvalue weighted by molar-refractivity contribution is 0.280. The molecule has 0 spiro atoms. The van der Waals surface area contributed by atoms with Crippen molar-refractivity contribution in [3.8, 4) is 0 Å². The standard InChI is InChI=1S/C12H19NO/c1-9-5-6-11(10(2)8-9)12(13)4-3-7-14/h5-6,8,12,14H,3-4,7,13H2,1-2H3. The van der Waals surface area contributed by atoms with Gasteiger partial charge in [0.05, 0.1) is 0 Å². The fourth-order valence-corrected chi connectivity index (χ4v) is 1.71. The van der Waals surface area contributed by atoms with Gasteiger partial charge in [0, 0.05) is 12.6 Å². The van der Waals surface area contributed by atoms with Crippen molar-refractivity contribution in [3.63, 3.8) is 0 Å². The van der Waals surface area contributed by atoms with E-state index in [0.29, 0.717) is 0 Å². The van der Waals surface area contributed by atoms with Crippen LogP contribution in [0.3, 0.4) is 0 Å². The van der Waals surface area contributed by atoms with Crippen molar-refractivity contribution in [2.75, 3.05) is 6.61 Å². The Morgan fingerprint density at radius 3 is 2.64 bits per heavy atom. The molecule has 0 fully saturated rings. The summed E-state index contributed by atoms with van der Waals surface area (Å²) in [7, 11) is 0. The van der Waals surface area contributed by atoms with Crippen LogP contribution in [0.1, 0.15) is 35.6 Å². The van der Waals surface area contributed by atoms with Crippen LogP contribution in [0.2, 0.25) is 0 Å². The maximum atomic E-state index is 8.72. The third-order valence-corrected chi connectivity index (χ3v) is 2.50. The van der Waals surface area contributed by atoms with Crippen molar-refractivity contribution in [1.82, 2.24) is 0 Å². The van der Waals surface area contributed by atoms with Crippen molar-refractivity contribution in [3.05, 3.63) is 34.9 Å². The van der Waals surface area contributed by atoms with E-state index in [4.69, 9.17) is 10.8 Å². The molecule has 0 heterocycles.